The van der Waals surface area contributed by atoms with Gasteiger partial charge in [-0.2, -0.15) is 0 Å². The Hall–Kier alpha value is -2.06. The second kappa shape index (κ2) is 6.49. The molecule has 28 heavy (non-hydrogen) atoms. The third-order valence-electron chi connectivity index (χ3n) is 5.47. The Morgan fingerprint density at radius 3 is 2.32 bits per heavy atom. The van der Waals surface area contributed by atoms with Gasteiger partial charge in [-0.1, -0.05) is 24.3 Å². The van der Waals surface area contributed by atoms with E-state index in [0.29, 0.717) is 0 Å². The fraction of sp³-hybridized carbons (Fsp3) is 0.550. The first kappa shape index (κ1) is 20.7. The number of carboxylic acids is 1. The maximum atomic E-state index is 12.7. The van der Waals surface area contributed by atoms with E-state index in [9.17, 15) is 19.5 Å². The third-order valence-corrected chi connectivity index (χ3v) is 7.23. The van der Waals surface area contributed by atoms with Crippen molar-refractivity contribution >= 4 is 29.5 Å². The summed E-state index contributed by atoms with van der Waals surface area (Å²) in [6.45, 7) is 9.11. The maximum Gasteiger partial charge on any atom is 0.327 e. The van der Waals surface area contributed by atoms with E-state index in [1.165, 1.54) is 16.7 Å². The van der Waals surface area contributed by atoms with E-state index in [2.05, 4.69) is 5.32 Å². The number of nitrogens with one attached hydrogen (secondary N) is 1. The number of carbonyl (C=O) groups is 3. The fourth-order valence-corrected chi connectivity index (χ4v) is 5.55. The molecule has 2 aliphatic rings. The molecule has 2 aliphatic heterocycles. The molecule has 152 valence electrons. The van der Waals surface area contributed by atoms with Crippen LogP contribution in [0.4, 0.5) is 0 Å². The van der Waals surface area contributed by atoms with Gasteiger partial charge in [0.05, 0.1) is 6.42 Å². The maximum absolute atomic E-state index is 12.7. The minimum atomic E-state index is -1.09. The number of hydrogen-bond donors (Lipinski definition) is 3. The lowest BCUT2D eigenvalue weighted by Crippen LogP contribution is -2.78. The number of carbonyl (C=O) groups excluding carboxylic acids is 2. The van der Waals surface area contributed by atoms with Gasteiger partial charge in [0.2, 0.25) is 5.91 Å². The predicted octanol–water partition coefficient (Wildman–Crippen LogP) is 1.44. The van der Waals surface area contributed by atoms with Gasteiger partial charge in [0.1, 0.15) is 17.0 Å². The SMILES string of the molecule is CC(C)(N)c1ccc(CC(=O)N[C@@]2(C)C(=O)N3[C@@H](C(=O)O)C(C)(C)S[C@@H]32)cc1. The van der Waals surface area contributed by atoms with E-state index in [1.54, 1.807) is 6.92 Å². The summed E-state index contributed by atoms with van der Waals surface area (Å²) in [6.07, 6.45) is 0.136. The number of carboxylic acid groups (broad SMARTS) is 1. The Bertz CT molecular complexity index is 831. The Balaban J connectivity index is 1.70. The second-order valence-corrected chi connectivity index (χ2v) is 10.6. The van der Waals surface area contributed by atoms with Crippen LogP contribution in [0.25, 0.3) is 0 Å². The molecule has 2 saturated heterocycles. The number of fused-ring (bicyclic) bond motifs is 1. The van der Waals surface area contributed by atoms with Crippen molar-refractivity contribution in [1.29, 1.82) is 0 Å². The summed E-state index contributed by atoms with van der Waals surface area (Å²) in [4.78, 5) is 38.3. The average molecular weight is 406 g/mol. The summed E-state index contributed by atoms with van der Waals surface area (Å²) in [5.74, 6) is -1.64. The molecular weight excluding hydrogens is 378 g/mol. The van der Waals surface area contributed by atoms with E-state index in [-0.39, 0.29) is 23.6 Å². The first-order valence-corrected chi connectivity index (χ1v) is 10.1. The van der Waals surface area contributed by atoms with Crippen molar-refractivity contribution in [2.24, 2.45) is 5.73 Å². The molecule has 8 heteroatoms. The minimum absolute atomic E-state index is 0.136. The second-order valence-electron chi connectivity index (χ2n) is 8.87. The molecule has 0 bridgehead atoms. The molecule has 4 N–H and O–H groups in total. The van der Waals surface area contributed by atoms with Gasteiger partial charge in [0.15, 0.2) is 0 Å². The Kier molecular flexibility index (Phi) is 4.79. The summed E-state index contributed by atoms with van der Waals surface area (Å²) < 4.78 is -0.625. The molecule has 2 fully saturated rings. The zero-order valence-corrected chi connectivity index (χ0v) is 17.6. The lowest BCUT2D eigenvalue weighted by molar-refractivity contribution is -0.167. The number of rotatable bonds is 5. The molecule has 3 atom stereocenters. The summed E-state index contributed by atoms with van der Waals surface area (Å²) >= 11 is 1.41. The topological polar surface area (TPSA) is 113 Å². The predicted molar refractivity (Wildman–Crippen MR) is 108 cm³/mol. The summed E-state index contributed by atoms with van der Waals surface area (Å²) in [7, 11) is 0. The van der Waals surface area contributed by atoms with Gasteiger partial charge in [0.25, 0.3) is 5.91 Å². The summed E-state index contributed by atoms with van der Waals surface area (Å²) in [5, 5.41) is 12.0. The van der Waals surface area contributed by atoms with Crippen molar-refractivity contribution < 1.29 is 19.5 Å². The van der Waals surface area contributed by atoms with Crippen molar-refractivity contribution in [3.05, 3.63) is 35.4 Å². The van der Waals surface area contributed by atoms with Crippen molar-refractivity contribution in [1.82, 2.24) is 10.2 Å². The fourth-order valence-electron chi connectivity index (χ4n) is 3.91. The number of thioether (sulfide) groups is 1. The molecule has 0 aliphatic carbocycles. The van der Waals surface area contributed by atoms with E-state index >= 15 is 0 Å². The van der Waals surface area contributed by atoms with Crippen molar-refractivity contribution in [3.8, 4) is 0 Å². The zero-order chi connectivity index (χ0) is 21.1. The first-order valence-electron chi connectivity index (χ1n) is 9.20. The number of nitrogens with zero attached hydrogens (tertiary/aromatic N) is 1. The highest BCUT2D eigenvalue weighted by molar-refractivity contribution is 8.01. The molecule has 0 saturated carbocycles. The molecular formula is C20H27N3O4S. The van der Waals surface area contributed by atoms with Gasteiger partial charge in [-0.15, -0.1) is 11.8 Å². The molecule has 1 aromatic carbocycles. The van der Waals surface area contributed by atoms with E-state index in [1.807, 2.05) is 52.0 Å². The van der Waals surface area contributed by atoms with Gasteiger partial charge in [-0.3, -0.25) is 9.59 Å². The molecule has 2 heterocycles. The zero-order valence-electron chi connectivity index (χ0n) is 16.8. The molecule has 0 spiro atoms. The van der Waals surface area contributed by atoms with E-state index in [4.69, 9.17) is 5.73 Å². The molecule has 3 rings (SSSR count). The van der Waals surface area contributed by atoms with Crippen molar-refractivity contribution in [2.45, 2.75) is 68.3 Å². The number of β-lactam (4-membered cyclic amide) rings is 1. The highest BCUT2D eigenvalue weighted by atomic mass is 32.2. The van der Waals surface area contributed by atoms with Gasteiger partial charge >= 0.3 is 5.97 Å². The smallest absolute Gasteiger partial charge is 0.327 e. The first-order chi connectivity index (χ1) is 12.8. The number of nitrogens with two attached hydrogens (primary N) is 1. The van der Waals surface area contributed by atoms with E-state index < -0.39 is 27.8 Å². The van der Waals surface area contributed by atoms with Crippen LogP contribution in [0, 0.1) is 0 Å². The average Bonchev–Trinajstić information content (AvgIpc) is 2.84. The largest absolute Gasteiger partial charge is 0.480 e. The van der Waals surface area contributed by atoms with Gasteiger partial charge in [0, 0.05) is 10.3 Å². The molecule has 0 aromatic heterocycles. The highest BCUT2D eigenvalue weighted by Crippen LogP contribution is 2.54. The molecule has 1 aromatic rings. The van der Waals surface area contributed by atoms with Crippen LogP contribution in [0.15, 0.2) is 24.3 Å². The van der Waals surface area contributed by atoms with Crippen LogP contribution in [0.5, 0.6) is 0 Å². The molecule has 0 radical (unpaired) electrons. The Labute approximate surface area is 169 Å². The van der Waals surface area contributed by atoms with Crippen LogP contribution in [0.1, 0.15) is 45.7 Å². The number of amides is 2. The number of benzene rings is 1. The highest BCUT2D eigenvalue weighted by Gasteiger charge is 2.69. The number of hydrogen-bond acceptors (Lipinski definition) is 5. The van der Waals surface area contributed by atoms with Gasteiger partial charge in [-0.25, -0.2) is 4.79 Å². The molecule has 7 nitrogen and oxygen atoms in total. The lowest BCUT2D eigenvalue weighted by Gasteiger charge is -2.51. The monoisotopic (exact) mass is 405 g/mol. The van der Waals surface area contributed by atoms with Crippen molar-refractivity contribution in [3.63, 3.8) is 0 Å². The normalized spacial score (nSPS) is 28.5. The quantitative estimate of drug-likeness (QED) is 0.639. The lowest BCUT2D eigenvalue weighted by atomic mass is 9.86. The Morgan fingerprint density at radius 1 is 1.25 bits per heavy atom. The van der Waals surface area contributed by atoms with Crippen LogP contribution < -0.4 is 11.1 Å². The van der Waals surface area contributed by atoms with Crippen LogP contribution in [-0.4, -0.2) is 49.5 Å². The van der Waals surface area contributed by atoms with Crippen molar-refractivity contribution in [2.75, 3.05) is 0 Å². The number of aliphatic carboxylic acids is 1. The Morgan fingerprint density at radius 2 is 1.82 bits per heavy atom. The standard InChI is InChI=1S/C20H27N3O4S/c1-18(2,21)12-8-6-11(7-9-12)10-13(24)22-20(5)16(27)23-14(15(25)26)19(3,4)28-17(20)23/h6-9,14,17H,10,21H2,1-5H3,(H,22,24)(H,25,26)/t14-,17+,20-/m0/s1. The van der Waals surface area contributed by atoms with Gasteiger partial charge < -0.3 is 21.1 Å². The van der Waals surface area contributed by atoms with Crippen LogP contribution in [-0.2, 0) is 26.3 Å². The summed E-state index contributed by atoms with van der Waals surface area (Å²) in [5.41, 5.74) is 6.31. The molecule has 2 amide bonds. The third kappa shape index (κ3) is 3.28. The van der Waals surface area contributed by atoms with Crippen LogP contribution in [0.2, 0.25) is 0 Å². The molecule has 0 unspecified atom stereocenters. The van der Waals surface area contributed by atoms with E-state index in [0.717, 1.165) is 11.1 Å². The van der Waals surface area contributed by atoms with Crippen LogP contribution in [0.3, 0.4) is 0 Å². The minimum Gasteiger partial charge on any atom is -0.480 e. The van der Waals surface area contributed by atoms with Crippen LogP contribution >= 0.6 is 11.8 Å². The van der Waals surface area contributed by atoms with Gasteiger partial charge in [-0.05, 0) is 45.7 Å². The summed E-state index contributed by atoms with van der Waals surface area (Å²) in [6, 6.07) is 6.61.